The first-order valence-electron chi connectivity index (χ1n) is 10.0. The molecule has 0 spiro atoms. The minimum Gasteiger partial charge on any atom is -0.417 e. The monoisotopic (exact) mass is 433 g/mol. The van der Waals surface area contributed by atoms with Gasteiger partial charge in [0.1, 0.15) is 0 Å². The predicted molar refractivity (Wildman–Crippen MR) is 123 cm³/mol. The minimum atomic E-state index is -1.80. The van der Waals surface area contributed by atoms with Gasteiger partial charge in [0.25, 0.3) is 5.56 Å². The van der Waals surface area contributed by atoms with Crippen LogP contribution in [-0.2, 0) is 10.8 Å². The van der Waals surface area contributed by atoms with Crippen LogP contribution < -0.4 is 5.56 Å². The van der Waals surface area contributed by atoms with E-state index in [4.69, 9.17) is 16.0 Å². The van der Waals surface area contributed by atoms with Crippen LogP contribution in [0, 0.1) is 6.92 Å². The number of Topliss-reactive ketones (excluding diaryl/α,β-unsaturated/α-hetero) is 1. The molecule has 0 bridgehead atoms. The Labute approximate surface area is 180 Å². The van der Waals surface area contributed by atoms with E-state index in [2.05, 4.69) is 33.9 Å². The molecule has 1 aromatic heterocycles. The van der Waals surface area contributed by atoms with Gasteiger partial charge in [-0.15, -0.1) is 0 Å². The number of aromatic nitrogens is 1. The van der Waals surface area contributed by atoms with Gasteiger partial charge in [0.05, 0.1) is 0 Å². The van der Waals surface area contributed by atoms with Crippen LogP contribution in [-0.4, -0.2) is 25.3 Å². The minimum absolute atomic E-state index is 0.0453. The summed E-state index contributed by atoms with van der Waals surface area (Å²) in [6, 6.07) is 7.02. The van der Waals surface area contributed by atoms with Crippen molar-refractivity contribution >= 4 is 25.7 Å². The standard InChI is InChI=1S/C23H32ClNO3Si/c1-16-20(9-8-14-28-29(6,7)23(3,4)5)21(17(2)26)15-25(22(16)27)19-12-10-18(24)11-13-19/h10-13,15H,8-9,14H2,1-7H3. The Morgan fingerprint density at radius 1 is 1.17 bits per heavy atom. The lowest BCUT2D eigenvalue weighted by Gasteiger charge is -2.36. The SMILES string of the molecule is CC(=O)c1cn(-c2ccc(Cl)cc2)c(=O)c(C)c1CCCO[Si](C)(C)C(C)(C)C. The van der Waals surface area contributed by atoms with Gasteiger partial charge < -0.3 is 4.43 Å². The maximum Gasteiger partial charge on any atom is 0.258 e. The number of carbonyl (C=O) groups excluding carboxylic acids is 1. The number of ketones is 1. The molecule has 0 atom stereocenters. The van der Waals surface area contributed by atoms with Crippen LogP contribution in [0.5, 0.6) is 0 Å². The molecule has 0 amide bonds. The Kier molecular flexibility index (Phi) is 7.31. The molecule has 6 heteroatoms. The molecule has 0 saturated carbocycles. The summed E-state index contributed by atoms with van der Waals surface area (Å²) in [5.74, 6) is -0.0453. The third kappa shape index (κ3) is 5.47. The summed E-state index contributed by atoms with van der Waals surface area (Å²) in [4.78, 5) is 25.3. The normalized spacial score (nSPS) is 12.3. The van der Waals surface area contributed by atoms with Crippen molar-refractivity contribution in [2.24, 2.45) is 0 Å². The van der Waals surface area contributed by atoms with Gasteiger partial charge in [-0.05, 0) is 74.7 Å². The first kappa shape index (κ1) is 23.6. The largest absolute Gasteiger partial charge is 0.417 e. The van der Waals surface area contributed by atoms with E-state index in [1.165, 1.54) is 4.57 Å². The van der Waals surface area contributed by atoms with E-state index in [0.29, 0.717) is 34.9 Å². The highest BCUT2D eigenvalue weighted by Crippen LogP contribution is 2.36. The van der Waals surface area contributed by atoms with Crippen molar-refractivity contribution < 1.29 is 9.22 Å². The molecule has 2 aromatic rings. The summed E-state index contributed by atoms with van der Waals surface area (Å²) in [7, 11) is -1.80. The van der Waals surface area contributed by atoms with Crippen LogP contribution in [0.15, 0.2) is 35.3 Å². The molecule has 0 saturated heterocycles. The van der Waals surface area contributed by atoms with E-state index in [-0.39, 0.29) is 16.4 Å². The zero-order valence-corrected chi connectivity index (χ0v) is 20.3. The number of benzene rings is 1. The van der Waals surface area contributed by atoms with Crippen molar-refractivity contribution in [3.05, 3.63) is 62.5 Å². The number of pyridine rings is 1. The quantitative estimate of drug-likeness (QED) is 0.307. The van der Waals surface area contributed by atoms with E-state index in [1.807, 2.05) is 0 Å². The Bertz CT molecular complexity index is 940. The van der Waals surface area contributed by atoms with E-state index < -0.39 is 8.32 Å². The average Bonchev–Trinajstić information content (AvgIpc) is 2.61. The fraction of sp³-hybridized carbons (Fsp3) is 0.478. The van der Waals surface area contributed by atoms with Gasteiger partial charge in [-0.25, -0.2) is 0 Å². The number of halogens is 1. The van der Waals surface area contributed by atoms with Crippen molar-refractivity contribution in [3.8, 4) is 5.69 Å². The zero-order valence-electron chi connectivity index (χ0n) is 18.6. The highest BCUT2D eigenvalue weighted by atomic mass is 35.5. The summed E-state index contributed by atoms with van der Waals surface area (Å²) in [5.41, 5.74) is 2.60. The molecule has 0 N–H and O–H groups in total. The third-order valence-corrected chi connectivity index (χ3v) is 10.7. The maximum absolute atomic E-state index is 13.0. The summed E-state index contributed by atoms with van der Waals surface area (Å²) in [5, 5.41) is 0.760. The fourth-order valence-electron chi connectivity index (χ4n) is 2.99. The molecule has 0 radical (unpaired) electrons. The van der Waals surface area contributed by atoms with Gasteiger partial charge in [0.15, 0.2) is 14.1 Å². The molecule has 0 aliphatic rings. The number of nitrogens with zero attached hydrogens (tertiary/aromatic N) is 1. The van der Waals surface area contributed by atoms with Gasteiger partial charge >= 0.3 is 0 Å². The summed E-state index contributed by atoms with van der Waals surface area (Å²) < 4.78 is 7.77. The van der Waals surface area contributed by atoms with Crippen molar-refractivity contribution in [2.75, 3.05) is 6.61 Å². The highest BCUT2D eigenvalue weighted by Gasteiger charge is 2.36. The van der Waals surface area contributed by atoms with Gasteiger partial charge in [-0.3, -0.25) is 14.2 Å². The summed E-state index contributed by atoms with van der Waals surface area (Å²) in [6.45, 7) is 15.1. The van der Waals surface area contributed by atoms with E-state index in [9.17, 15) is 9.59 Å². The summed E-state index contributed by atoms with van der Waals surface area (Å²) >= 11 is 5.96. The Morgan fingerprint density at radius 3 is 2.28 bits per heavy atom. The number of hydrogen-bond donors (Lipinski definition) is 0. The highest BCUT2D eigenvalue weighted by molar-refractivity contribution is 6.74. The van der Waals surface area contributed by atoms with Crippen LogP contribution in [0.4, 0.5) is 0 Å². The van der Waals surface area contributed by atoms with Crippen molar-refractivity contribution in [3.63, 3.8) is 0 Å². The molecular formula is C23H32ClNO3Si. The topological polar surface area (TPSA) is 48.3 Å². The first-order valence-corrected chi connectivity index (χ1v) is 13.3. The molecule has 4 nitrogen and oxygen atoms in total. The second-order valence-corrected chi connectivity index (χ2v) is 14.3. The van der Waals surface area contributed by atoms with E-state index >= 15 is 0 Å². The van der Waals surface area contributed by atoms with Crippen molar-refractivity contribution in [2.45, 2.75) is 65.6 Å². The lowest BCUT2D eigenvalue weighted by atomic mass is 9.98. The Balaban J connectivity index is 2.29. The average molecular weight is 434 g/mol. The molecule has 1 aromatic carbocycles. The fourth-order valence-corrected chi connectivity index (χ4v) is 4.20. The van der Waals surface area contributed by atoms with Crippen LogP contribution in [0.2, 0.25) is 23.2 Å². The van der Waals surface area contributed by atoms with Crippen LogP contribution >= 0.6 is 11.6 Å². The Morgan fingerprint density at radius 2 is 1.76 bits per heavy atom. The van der Waals surface area contributed by atoms with Gasteiger partial charge in [0.2, 0.25) is 0 Å². The number of hydrogen-bond acceptors (Lipinski definition) is 3. The predicted octanol–water partition coefficient (Wildman–Crippen LogP) is 5.96. The smallest absolute Gasteiger partial charge is 0.258 e. The van der Waals surface area contributed by atoms with Crippen molar-refractivity contribution in [1.82, 2.24) is 4.57 Å². The molecule has 0 aliphatic carbocycles. The van der Waals surface area contributed by atoms with Crippen LogP contribution in [0.25, 0.3) is 5.69 Å². The second-order valence-electron chi connectivity index (χ2n) is 9.07. The Hall–Kier alpha value is -1.69. The lowest BCUT2D eigenvalue weighted by molar-refractivity contribution is 0.101. The number of carbonyl (C=O) groups is 1. The second kappa shape index (κ2) is 8.98. The van der Waals surface area contributed by atoms with E-state index in [0.717, 1.165) is 12.0 Å². The molecule has 2 rings (SSSR count). The van der Waals surface area contributed by atoms with Gasteiger partial charge in [-0.2, -0.15) is 0 Å². The molecule has 158 valence electrons. The van der Waals surface area contributed by atoms with Gasteiger partial charge in [-0.1, -0.05) is 32.4 Å². The molecule has 0 fully saturated rings. The number of rotatable bonds is 7. The molecule has 0 unspecified atom stereocenters. The first-order chi connectivity index (χ1) is 13.3. The maximum atomic E-state index is 13.0. The zero-order chi connectivity index (χ0) is 22.0. The third-order valence-electron chi connectivity index (χ3n) is 5.90. The van der Waals surface area contributed by atoms with Crippen molar-refractivity contribution in [1.29, 1.82) is 0 Å². The molecular weight excluding hydrogens is 402 g/mol. The molecule has 29 heavy (non-hydrogen) atoms. The van der Waals surface area contributed by atoms with Crippen LogP contribution in [0.1, 0.15) is 55.6 Å². The lowest BCUT2D eigenvalue weighted by Crippen LogP contribution is -2.41. The molecule has 0 aliphatic heterocycles. The van der Waals surface area contributed by atoms with E-state index in [1.54, 1.807) is 44.3 Å². The van der Waals surface area contributed by atoms with Gasteiger partial charge in [0, 0.05) is 34.6 Å². The molecule has 1 heterocycles. The summed E-state index contributed by atoms with van der Waals surface area (Å²) in [6.07, 6.45) is 3.08. The van der Waals surface area contributed by atoms with Crippen LogP contribution in [0.3, 0.4) is 0 Å².